The van der Waals surface area contributed by atoms with Crippen molar-refractivity contribution in [1.29, 1.82) is 0 Å². The Bertz CT molecular complexity index is 3990. The maximum Gasteiger partial charge on any atom is 0.456 e. The lowest BCUT2D eigenvalue weighted by atomic mass is 9.79. The predicted molar refractivity (Wildman–Crippen MR) is 341 cm³/mol. The third-order valence-corrected chi connectivity index (χ3v) is 19.8. The molecule has 17 nitrogen and oxygen atoms in total. The summed E-state index contributed by atoms with van der Waals surface area (Å²) in [5, 5.41) is 3.55. The van der Waals surface area contributed by atoms with E-state index in [1.807, 2.05) is 27.9 Å². The maximum atomic E-state index is 14.4. The number of alkyl halides is 12. The van der Waals surface area contributed by atoms with Gasteiger partial charge in [-0.15, -0.1) is 0 Å². The second kappa shape index (κ2) is 28.3. The molecule has 12 rings (SSSR count). The Balaban J connectivity index is 0.000000177. The summed E-state index contributed by atoms with van der Waals surface area (Å²) in [6.07, 6.45) is -15.9. The van der Waals surface area contributed by atoms with Crippen LogP contribution in [0.4, 0.5) is 57.1 Å². The first-order chi connectivity index (χ1) is 46.8. The van der Waals surface area contributed by atoms with Crippen LogP contribution in [-0.2, 0) is 53.8 Å². The van der Waals surface area contributed by atoms with E-state index in [9.17, 15) is 81.0 Å². The molecule has 1 N–H and O–H groups in total. The highest BCUT2D eigenvalue weighted by Crippen LogP contribution is 2.47. The number of halogens is 13. The van der Waals surface area contributed by atoms with Crippen LogP contribution in [-0.4, -0.2) is 178 Å². The van der Waals surface area contributed by atoms with Crippen LogP contribution in [0.2, 0.25) is 0 Å². The standard InChI is InChI=1S/C25H27F6N3O3.C24H27F4N3O3.C21H24F3N3O2.H2/c1-22(2)14-34-18(20(35)25(29,30)31)7-8-19(34)23(32-22)9-11-33(12-10-23)21(36)17-5-3-16(4-6-17)13-37-15-24(26,27)28;1-15(2)34-19-6-4-16(14-17(19)25)22(33)30-10-8-23(9-11-30)20-7-5-18(21(32)24(26,27)28)31(20)13-12-29(23)3;1-25-12-13-27-17(6-7-18(27)21(22,23)24)20(25)8-10-26(11-9-20)19(28)15-4-3-5-16(14-15)29-2;/h3-8,32H,9-15H2,1-2H3;4-7,14-15H,8-13H2,1-3H3;3-7,14H,8-13H2,1-2H3;1H. The molecular formula is C70H80F13N9O8. The van der Waals surface area contributed by atoms with Gasteiger partial charge < -0.3 is 42.6 Å². The Morgan fingerprint density at radius 1 is 0.540 bits per heavy atom. The zero-order valence-corrected chi connectivity index (χ0v) is 56.1. The van der Waals surface area contributed by atoms with E-state index in [1.165, 1.54) is 68.3 Å². The molecule has 3 fully saturated rings. The number of ketones is 2. The molecule has 0 saturated carbocycles. The molecule has 100 heavy (non-hydrogen) atoms. The molecule has 6 aromatic rings. The monoisotopic (exact) mass is 1420 g/mol. The van der Waals surface area contributed by atoms with Crippen molar-refractivity contribution >= 4 is 29.3 Å². The number of rotatable bonds is 11. The van der Waals surface area contributed by atoms with E-state index in [1.54, 1.807) is 78.1 Å². The fraction of sp³-hybridized carbons (Fsp3) is 0.500. The summed E-state index contributed by atoms with van der Waals surface area (Å²) in [4.78, 5) is 72.2. The van der Waals surface area contributed by atoms with Crippen molar-refractivity contribution in [2.45, 2.75) is 145 Å². The Kier molecular flexibility index (Phi) is 21.1. The van der Waals surface area contributed by atoms with Crippen LogP contribution in [0.25, 0.3) is 0 Å². The van der Waals surface area contributed by atoms with Crippen molar-refractivity contribution in [1.82, 2.24) is 43.5 Å². The fourth-order valence-electron chi connectivity index (χ4n) is 14.9. The molecule has 3 amide bonds. The molecule has 0 atom stereocenters. The molecule has 30 heteroatoms. The van der Waals surface area contributed by atoms with Gasteiger partial charge in [0.1, 0.15) is 18.1 Å². The molecule has 3 saturated heterocycles. The minimum atomic E-state index is -4.98. The van der Waals surface area contributed by atoms with Crippen LogP contribution in [0.5, 0.6) is 11.5 Å². The average molecular weight is 1420 g/mol. The van der Waals surface area contributed by atoms with E-state index in [4.69, 9.17) is 9.47 Å². The average Bonchev–Trinajstić information content (AvgIpc) is 1.65. The summed E-state index contributed by atoms with van der Waals surface area (Å²) in [6.45, 7) is 9.85. The third kappa shape index (κ3) is 15.5. The van der Waals surface area contributed by atoms with Crippen molar-refractivity contribution in [3.8, 4) is 11.5 Å². The Morgan fingerprint density at radius 2 is 1.01 bits per heavy atom. The van der Waals surface area contributed by atoms with Gasteiger partial charge in [-0.05, 0) is 171 Å². The number of aromatic nitrogens is 3. The zero-order valence-electron chi connectivity index (χ0n) is 56.1. The van der Waals surface area contributed by atoms with Crippen LogP contribution in [0.15, 0.2) is 103 Å². The minimum Gasteiger partial charge on any atom is -0.497 e. The second-order valence-electron chi connectivity index (χ2n) is 27.1. The number of hydrogen-bond donors (Lipinski definition) is 1. The number of fused-ring (bicyclic) bond motifs is 6. The summed E-state index contributed by atoms with van der Waals surface area (Å²) >= 11 is 0. The molecule has 0 radical (unpaired) electrons. The number of benzene rings is 3. The predicted octanol–water partition coefficient (Wildman–Crippen LogP) is 12.9. The number of hydrogen-bond acceptors (Lipinski definition) is 11. The van der Waals surface area contributed by atoms with Gasteiger partial charge in [-0.1, -0.05) is 18.2 Å². The van der Waals surface area contributed by atoms with E-state index < -0.39 is 82.2 Å². The number of nitrogens with zero attached hydrogens (tertiary/aromatic N) is 8. The fourth-order valence-corrected chi connectivity index (χ4v) is 14.9. The molecule has 0 bridgehead atoms. The number of likely N-dealkylation sites (tertiary alicyclic amines) is 3. The van der Waals surface area contributed by atoms with Gasteiger partial charge in [0.05, 0.1) is 47.8 Å². The lowest BCUT2D eigenvalue weighted by Crippen LogP contribution is -2.63. The van der Waals surface area contributed by atoms with Crippen molar-refractivity contribution in [3.05, 3.63) is 165 Å². The molecule has 3 spiro atoms. The van der Waals surface area contributed by atoms with Crippen LogP contribution in [0.3, 0.4) is 0 Å². The second-order valence-corrected chi connectivity index (χ2v) is 27.1. The number of carbonyl (C=O) groups excluding carboxylic acids is 5. The highest BCUT2D eigenvalue weighted by molar-refractivity contribution is 6.00. The number of methoxy groups -OCH3 is 1. The van der Waals surface area contributed by atoms with Crippen molar-refractivity contribution in [3.63, 3.8) is 0 Å². The van der Waals surface area contributed by atoms with Crippen LogP contribution in [0.1, 0.15) is 148 Å². The van der Waals surface area contributed by atoms with Gasteiger partial charge in [0, 0.05) is 113 Å². The molecule has 3 aromatic heterocycles. The molecule has 6 aliphatic heterocycles. The molecule has 544 valence electrons. The quantitative estimate of drug-likeness (QED) is 0.0973. The third-order valence-electron chi connectivity index (χ3n) is 19.8. The minimum absolute atomic E-state index is 0. The number of nitrogens with one attached hydrogen (secondary N) is 1. The highest BCUT2D eigenvalue weighted by atomic mass is 19.4. The van der Waals surface area contributed by atoms with Gasteiger partial charge in [-0.3, -0.25) is 39.1 Å². The van der Waals surface area contributed by atoms with E-state index in [-0.39, 0.29) is 62.0 Å². The SMILES string of the molecule is CC(C)Oc1ccc(C(=O)N2CCC3(CC2)c2ccc(C(=O)C(F)(F)F)n2CCN3C)cc1F.CC1(C)Cn2c(C(=O)C(F)(F)F)ccc2C2(CCN(C(=O)c3ccc(COCC(F)(F)F)cc3)CC2)N1.COc1cccc(C(=O)N2CCC3(CC2)c2ccc(C(F)(F)F)n2CCN3C)c1.[HH]. The highest BCUT2D eigenvalue weighted by Gasteiger charge is 2.52. The normalized spacial score (nSPS) is 18.9. The lowest BCUT2D eigenvalue weighted by molar-refractivity contribution is -0.176. The van der Waals surface area contributed by atoms with Crippen molar-refractivity contribution < 1.29 is 96.7 Å². The lowest BCUT2D eigenvalue weighted by Gasteiger charge is -2.51. The topological polar surface area (TPSA) is 156 Å². The van der Waals surface area contributed by atoms with Gasteiger partial charge in [0.2, 0.25) is 0 Å². The Labute approximate surface area is 570 Å². The summed E-state index contributed by atoms with van der Waals surface area (Å²) in [5.74, 6) is -4.29. The number of piperidine rings is 3. The first-order valence-corrected chi connectivity index (χ1v) is 32.6. The molecule has 9 heterocycles. The number of amides is 3. The van der Waals surface area contributed by atoms with Crippen LogP contribution in [0, 0.1) is 5.82 Å². The van der Waals surface area contributed by atoms with E-state index >= 15 is 0 Å². The van der Waals surface area contributed by atoms with Crippen molar-refractivity contribution in [2.75, 3.05) is 80.2 Å². The van der Waals surface area contributed by atoms with Crippen LogP contribution < -0.4 is 14.8 Å². The molecule has 0 aliphatic carbocycles. The Hall–Kier alpha value is -8.22. The first kappa shape index (κ1) is 74.5. The summed E-state index contributed by atoms with van der Waals surface area (Å²) in [7, 11) is 5.42. The molecule has 0 unspecified atom stereocenters. The van der Waals surface area contributed by atoms with Crippen LogP contribution >= 0.6 is 0 Å². The molecular weight excluding hydrogens is 1340 g/mol. The largest absolute Gasteiger partial charge is 0.497 e. The molecule has 3 aromatic carbocycles. The number of likely N-dealkylation sites (N-methyl/N-ethyl adjacent to an activating group) is 2. The van der Waals surface area contributed by atoms with E-state index in [0.717, 1.165) is 6.07 Å². The van der Waals surface area contributed by atoms with E-state index in [0.29, 0.717) is 137 Å². The summed E-state index contributed by atoms with van der Waals surface area (Å²) in [5.41, 5.74) is -0.119. The maximum absolute atomic E-state index is 14.4. The van der Waals surface area contributed by atoms with Crippen molar-refractivity contribution in [2.24, 2.45) is 0 Å². The van der Waals surface area contributed by atoms with Gasteiger partial charge in [0.15, 0.2) is 11.6 Å². The number of Topliss-reactive ketones (excluding diaryl/α,β-unsaturated/α-hetero) is 2. The Morgan fingerprint density at radius 3 is 1.51 bits per heavy atom. The summed E-state index contributed by atoms with van der Waals surface area (Å²) in [6, 6.07) is 25.7. The summed E-state index contributed by atoms with van der Waals surface area (Å²) < 4.78 is 189. The molecule has 6 aliphatic rings. The smallest absolute Gasteiger partial charge is 0.456 e. The van der Waals surface area contributed by atoms with Gasteiger partial charge in [0.25, 0.3) is 29.3 Å². The zero-order chi connectivity index (χ0) is 72.9. The van der Waals surface area contributed by atoms with Gasteiger partial charge in [-0.25, -0.2) is 4.39 Å². The van der Waals surface area contributed by atoms with Gasteiger partial charge >= 0.3 is 24.7 Å². The first-order valence-electron chi connectivity index (χ1n) is 32.6. The van der Waals surface area contributed by atoms with Gasteiger partial charge in [-0.2, -0.15) is 52.7 Å². The van der Waals surface area contributed by atoms with E-state index in [2.05, 4.69) is 19.9 Å². The number of carbonyl (C=O) groups is 5. The number of ether oxygens (including phenoxy) is 3.